The Morgan fingerprint density at radius 3 is 2.77 bits per heavy atom. The van der Waals surface area contributed by atoms with Crippen LogP contribution in [0.2, 0.25) is 0 Å². The van der Waals surface area contributed by atoms with Gasteiger partial charge in [-0.05, 0) is 63.8 Å². The lowest BCUT2D eigenvalue weighted by Gasteiger charge is -2.46. The number of ether oxygens (including phenoxy) is 3. The summed E-state index contributed by atoms with van der Waals surface area (Å²) < 4.78 is 17.9. The minimum absolute atomic E-state index is 0.00611. The number of amides is 1. The van der Waals surface area contributed by atoms with Crippen LogP contribution < -0.4 is 15.1 Å². The van der Waals surface area contributed by atoms with Crippen molar-refractivity contribution in [2.24, 2.45) is 0 Å². The van der Waals surface area contributed by atoms with Crippen molar-refractivity contribution in [3.05, 3.63) is 42.1 Å². The molecule has 5 aliphatic rings. The highest BCUT2D eigenvalue weighted by Gasteiger charge is 2.37. The first-order valence-electron chi connectivity index (χ1n) is 12.9. The highest BCUT2D eigenvalue weighted by Crippen LogP contribution is 2.40. The fourth-order valence-corrected chi connectivity index (χ4v) is 5.74. The summed E-state index contributed by atoms with van der Waals surface area (Å²) in [6, 6.07) is 10.7. The average Bonchev–Trinajstić information content (AvgIpc) is 3.05. The molecule has 8 nitrogen and oxygen atoms in total. The highest BCUT2D eigenvalue weighted by molar-refractivity contribution is 6.01. The molecule has 0 radical (unpaired) electrons. The van der Waals surface area contributed by atoms with E-state index in [1.54, 1.807) is 6.20 Å². The minimum atomic E-state index is -0.476. The zero-order chi connectivity index (χ0) is 23.9. The molecule has 1 aromatic heterocycles. The van der Waals surface area contributed by atoms with Gasteiger partial charge in [-0.15, -0.1) is 0 Å². The van der Waals surface area contributed by atoms with Gasteiger partial charge in [0.1, 0.15) is 11.9 Å². The van der Waals surface area contributed by atoms with Crippen molar-refractivity contribution in [3.8, 4) is 0 Å². The molecule has 6 heterocycles. The van der Waals surface area contributed by atoms with E-state index in [-0.39, 0.29) is 18.1 Å². The molecular formula is C27H34N4O4. The van der Waals surface area contributed by atoms with Gasteiger partial charge in [0, 0.05) is 24.0 Å². The molecule has 1 amide bonds. The molecule has 5 aliphatic heterocycles. The number of carbonyl (C=O) groups is 1. The molecule has 4 atom stereocenters. The number of nitrogens with zero attached hydrogens (tertiary/aromatic N) is 3. The molecule has 8 heteroatoms. The summed E-state index contributed by atoms with van der Waals surface area (Å²) >= 11 is 0. The zero-order valence-electron chi connectivity index (χ0n) is 20.5. The number of rotatable bonds is 4. The molecule has 1 aromatic carbocycles. The first-order valence-corrected chi connectivity index (χ1v) is 12.9. The Kier molecular flexibility index (Phi) is 6.12. The lowest BCUT2D eigenvalue weighted by molar-refractivity contribution is -0.143. The molecule has 1 N–H and O–H groups in total. The van der Waals surface area contributed by atoms with Crippen molar-refractivity contribution in [1.82, 2.24) is 4.98 Å². The van der Waals surface area contributed by atoms with Crippen LogP contribution in [0.4, 0.5) is 22.9 Å². The summed E-state index contributed by atoms with van der Waals surface area (Å²) in [5.41, 5.74) is 3.88. The SMILES string of the molecule is CC(C)O[C@H]1CC[C@H](C(=O)N2Cc3cccnc3Nc3ccc(N4C[C@@H]5CC[C@H]4CO5)cc32)OC1. The van der Waals surface area contributed by atoms with E-state index in [0.29, 0.717) is 31.7 Å². The number of hydrogen-bond donors (Lipinski definition) is 1. The van der Waals surface area contributed by atoms with Gasteiger partial charge >= 0.3 is 0 Å². The third-order valence-electron chi connectivity index (χ3n) is 7.50. The maximum absolute atomic E-state index is 13.9. The van der Waals surface area contributed by atoms with E-state index in [1.807, 2.05) is 30.9 Å². The lowest BCUT2D eigenvalue weighted by Crippen LogP contribution is -2.54. The Morgan fingerprint density at radius 2 is 2.06 bits per heavy atom. The Morgan fingerprint density at radius 1 is 1.14 bits per heavy atom. The second kappa shape index (κ2) is 9.41. The van der Waals surface area contributed by atoms with E-state index in [1.165, 1.54) is 0 Å². The monoisotopic (exact) mass is 478 g/mol. The number of pyridine rings is 1. The number of piperidine rings is 1. The van der Waals surface area contributed by atoms with Gasteiger partial charge in [-0.1, -0.05) is 6.07 Å². The van der Waals surface area contributed by atoms with Crippen LogP contribution in [0.3, 0.4) is 0 Å². The van der Waals surface area contributed by atoms with Crippen LogP contribution in [-0.2, 0) is 25.5 Å². The quantitative estimate of drug-likeness (QED) is 0.712. The Bertz CT molecular complexity index is 1080. The molecule has 2 bridgehead atoms. The molecule has 2 aromatic rings. The predicted octanol–water partition coefficient (Wildman–Crippen LogP) is 4.01. The second-order valence-corrected chi connectivity index (χ2v) is 10.3. The van der Waals surface area contributed by atoms with Gasteiger partial charge in [-0.2, -0.15) is 0 Å². The molecule has 0 unspecified atom stereocenters. The summed E-state index contributed by atoms with van der Waals surface area (Å²) in [5.74, 6) is 0.783. The highest BCUT2D eigenvalue weighted by atomic mass is 16.5. The van der Waals surface area contributed by atoms with Crippen LogP contribution in [0.1, 0.15) is 45.1 Å². The normalized spacial score (nSPS) is 27.7. The van der Waals surface area contributed by atoms with Gasteiger partial charge in [-0.3, -0.25) is 4.79 Å². The van der Waals surface area contributed by atoms with Gasteiger partial charge in [0.15, 0.2) is 0 Å². The van der Waals surface area contributed by atoms with Crippen LogP contribution in [0.25, 0.3) is 0 Å². The predicted molar refractivity (Wildman–Crippen MR) is 134 cm³/mol. The fourth-order valence-electron chi connectivity index (χ4n) is 5.74. The third-order valence-corrected chi connectivity index (χ3v) is 7.50. The maximum Gasteiger partial charge on any atom is 0.256 e. The van der Waals surface area contributed by atoms with E-state index in [2.05, 4.69) is 33.4 Å². The van der Waals surface area contributed by atoms with Crippen LogP contribution >= 0.6 is 0 Å². The van der Waals surface area contributed by atoms with Gasteiger partial charge in [-0.25, -0.2) is 4.98 Å². The van der Waals surface area contributed by atoms with Crippen molar-refractivity contribution in [1.29, 1.82) is 0 Å². The molecule has 0 aliphatic carbocycles. The van der Waals surface area contributed by atoms with E-state index < -0.39 is 6.10 Å². The number of nitrogens with one attached hydrogen (secondary N) is 1. The van der Waals surface area contributed by atoms with Crippen LogP contribution in [0.5, 0.6) is 0 Å². The minimum Gasteiger partial charge on any atom is -0.374 e. The third kappa shape index (κ3) is 4.50. The summed E-state index contributed by atoms with van der Waals surface area (Å²) in [6.45, 7) is 6.63. The number of anilines is 4. The number of benzene rings is 1. The van der Waals surface area contributed by atoms with Gasteiger partial charge in [0.2, 0.25) is 0 Å². The smallest absolute Gasteiger partial charge is 0.256 e. The van der Waals surface area contributed by atoms with E-state index >= 15 is 0 Å². The van der Waals surface area contributed by atoms with Crippen molar-refractivity contribution in [2.75, 3.05) is 34.9 Å². The van der Waals surface area contributed by atoms with Crippen molar-refractivity contribution in [2.45, 2.75) is 76.5 Å². The number of hydrogen-bond acceptors (Lipinski definition) is 7. The summed E-state index contributed by atoms with van der Waals surface area (Å²) in [5, 5.41) is 3.47. The number of aromatic nitrogens is 1. The molecule has 4 fully saturated rings. The topological polar surface area (TPSA) is 76.2 Å². The molecule has 0 spiro atoms. The van der Waals surface area contributed by atoms with E-state index in [0.717, 1.165) is 60.9 Å². The zero-order valence-corrected chi connectivity index (χ0v) is 20.5. The van der Waals surface area contributed by atoms with E-state index in [9.17, 15) is 4.79 Å². The molecule has 35 heavy (non-hydrogen) atoms. The maximum atomic E-state index is 13.9. The van der Waals surface area contributed by atoms with Crippen molar-refractivity contribution >= 4 is 28.8 Å². The van der Waals surface area contributed by atoms with Crippen molar-refractivity contribution < 1.29 is 19.0 Å². The van der Waals surface area contributed by atoms with Gasteiger partial charge in [0.25, 0.3) is 5.91 Å². The molecular weight excluding hydrogens is 444 g/mol. The van der Waals surface area contributed by atoms with Gasteiger partial charge < -0.3 is 29.3 Å². The summed E-state index contributed by atoms with van der Waals surface area (Å²) in [6.07, 6.45) is 5.54. The second-order valence-electron chi connectivity index (χ2n) is 10.3. The molecule has 4 saturated heterocycles. The lowest BCUT2D eigenvalue weighted by atomic mass is 9.96. The molecule has 7 rings (SSSR count). The summed E-state index contributed by atoms with van der Waals surface area (Å²) in [4.78, 5) is 22.8. The van der Waals surface area contributed by atoms with Crippen LogP contribution in [0.15, 0.2) is 36.5 Å². The Labute approximate surface area is 206 Å². The standard InChI is InChI=1S/C27H34N4O4/c1-17(2)35-22-8-10-25(34-16-22)27(32)31-13-18-4-3-11-28-26(18)29-23-9-6-19(12-24(23)31)30-14-21-7-5-20(30)15-33-21/h3-4,6,9,11-12,17,20-22,25H,5,7-8,10,13-16H2,1-2H3,(H,28,29)/t20-,21-,22-,25+/m0/s1. The van der Waals surface area contributed by atoms with Crippen LogP contribution in [-0.4, -0.2) is 61.1 Å². The first-order chi connectivity index (χ1) is 17.0. The fraction of sp³-hybridized carbons (Fsp3) is 0.556. The van der Waals surface area contributed by atoms with Gasteiger partial charge in [0.05, 0.1) is 55.5 Å². The Hall–Kier alpha value is -2.68. The number of fused-ring (bicyclic) bond motifs is 5. The van der Waals surface area contributed by atoms with Crippen LogP contribution in [0, 0.1) is 0 Å². The number of morpholine rings is 1. The molecule has 186 valence electrons. The average molecular weight is 479 g/mol. The Balaban J connectivity index is 1.30. The van der Waals surface area contributed by atoms with Crippen molar-refractivity contribution in [3.63, 3.8) is 0 Å². The largest absolute Gasteiger partial charge is 0.374 e. The molecule has 0 saturated carbocycles. The number of carbonyl (C=O) groups excluding carboxylic acids is 1. The summed E-state index contributed by atoms with van der Waals surface area (Å²) in [7, 11) is 0. The van der Waals surface area contributed by atoms with E-state index in [4.69, 9.17) is 14.2 Å². The first kappa shape index (κ1) is 22.8.